The number of fused-ring (bicyclic) bond motifs is 3. The molecule has 2 fully saturated rings. The summed E-state index contributed by atoms with van der Waals surface area (Å²) < 4.78 is 7.02. The number of nitrogens with zero attached hydrogens (tertiary/aromatic N) is 1. The van der Waals surface area contributed by atoms with Gasteiger partial charge in [0.2, 0.25) is 29.0 Å². The fourth-order valence-electron chi connectivity index (χ4n) is 5.32. The molecule has 0 aromatic heterocycles. The van der Waals surface area contributed by atoms with E-state index in [2.05, 4.69) is 15.9 Å². The summed E-state index contributed by atoms with van der Waals surface area (Å²) in [6.45, 7) is 0. The van der Waals surface area contributed by atoms with Crippen LogP contribution in [0.15, 0.2) is 77.3 Å². The van der Waals surface area contributed by atoms with Crippen LogP contribution in [0, 0.1) is 11.8 Å². The summed E-state index contributed by atoms with van der Waals surface area (Å²) in [6.07, 6.45) is -0.971. The quantitative estimate of drug-likeness (QED) is 0.347. The molecule has 0 saturated carbocycles. The van der Waals surface area contributed by atoms with Gasteiger partial charge in [0.15, 0.2) is 0 Å². The third-order valence-corrected chi connectivity index (χ3v) is 7.58. The third-order valence-electron chi connectivity index (χ3n) is 6.80. The Morgan fingerprint density at radius 3 is 1.97 bits per heavy atom. The number of Topliss-reactive ketones (excluding diaryl/α,β-unsaturated/α-hetero) is 2. The first-order valence-electron chi connectivity index (χ1n) is 10.6. The molecule has 3 aromatic carbocycles. The van der Waals surface area contributed by atoms with Crippen molar-refractivity contribution >= 4 is 56.6 Å². The zero-order chi connectivity index (χ0) is 23.8. The smallest absolute Gasteiger partial charge is 0.241 e. The predicted molar refractivity (Wildman–Crippen MR) is 127 cm³/mol. The van der Waals surface area contributed by atoms with E-state index >= 15 is 0 Å². The van der Waals surface area contributed by atoms with Gasteiger partial charge >= 0.3 is 0 Å². The molecule has 2 heterocycles. The summed E-state index contributed by atoms with van der Waals surface area (Å²) in [6, 6.07) is 19.8. The molecular weight excluding hydrogens is 522 g/mol. The van der Waals surface area contributed by atoms with Gasteiger partial charge in [-0.05, 0) is 42.0 Å². The van der Waals surface area contributed by atoms with Gasteiger partial charge in [-0.2, -0.15) is 0 Å². The monoisotopic (exact) mass is 535 g/mol. The van der Waals surface area contributed by atoms with Crippen molar-refractivity contribution < 1.29 is 23.9 Å². The standard InChI is InChI=1S/C26H15BrClNO5/c27-14-7-11-16(12-8-14)29-24(32)19-20(25(29)33)26(34-21(19)13-5-9-15(28)10-6-13)22(30)17-3-1-2-4-18(17)23(26)31/h1-12,19-21H/t19-,20-,21-/m0/s1. The van der Waals surface area contributed by atoms with E-state index in [1.807, 2.05) is 0 Å². The molecule has 3 aromatic rings. The Bertz CT molecular complexity index is 1370. The molecule has 2 aliphatic heterocycles. The summed E-state index contributed by atoms with van der Waals surface area (Å²) in [4.78, 5) is 56.0. The van der Waals surface area contributed by atoms with E-state index in [-0.39, 0.29) is 11.1 Å². The van der Waals surface area contributed by atoms with Crippen molar-refractivity contribution in [3.63, 3.8) is 0 Å². The van der Waals surface area contributed by atoms with E-state index in [9.17, 15) is 19.2 Å². The second-order valence-corrected chi connectivity index (χ2v) is 9.87. The van der Waals surface area contributed by atoms with Crippen molar-refractivity contribution in [2.24, 2.45) is 11.8 Å². The number of hydrogen-bond donors (Lipinski definition) is 0. The number of ether oxygens (including phenoxy) is 1. The molecule has 2 saturated heterocycles. The molecule has 0 N–H and O–H groups in total. The molecule has 2 amide bonds. The molecule has 0 bridgehead atoms. The minimum absolute atomic E-state index is 0.199. The average Bonchev–Trinajstić information content (AvgIpc) is 3.40. The molecule has 168 valence electrons. The maximum absolute atomic E-state index is 13.8. The summed E-state index contributed by atoms with van der Waals surface area (Å²) in [5.41, 5.74) is -0.759. The average molecular weight is 537 g/mol. The van der Waals surface area contributed by atoms with Crippen molar-refractivity contribution in [2.75, 3.05) is 4.90 Å². The van der Waals surface area contributed by atoms with Crippen LogP contribution >= 0.6 is 27.5 Å². The van der Waals surface area contributed by atoms with Crippen molar-refractivity contribution in [1.29, 1.82) is 0 Å². The molecule has 0 radical (unpaired) electrons. The fourth-order valence-corrected chi connectivity index (χ4v) is 5.71. The normalized spacial score (nSPS) is 24.8. The molecule has 1 aliphatic carbocycles. The van der Waals surface area contributed by atoms with Crippen molar-refractivity contribution in [3.05, 3.63) is 99.0 Å². The van der Waals surface area contributed by atoms with E-state index in [0.29, 0.717) is 16.3 Å². The van der Waals surface area contributed by atoms with Crippen LogP contribution in [-0.2, 0) is 14.3 Å². The van der Waals surface area contributed by atoms with Gasteiger partial charge in [-0.3, -0.25) is 19.2 Å². The SMILES string of the molecule is O=C1[C@H]2[C@@H](C(=O)N1c1ccc(Br)cc1)C1(O[C@H]2c2ccc(Cl)cc2)C(=O)c2ccccc2C1=O. The number of carbonyl (C=O) groups is 4. The first-order valence-corrected chi connectivity index (χ1v) is 11.8. The first kappa shape index (κ1) is 21.4. The Morgan fingerprint density at radius 2 is 1.38 bits per heavy atom. The topological polar surface area (TPSA) is 80.8 Å². The highest BCUT2D eigenvalue weighted by Crippen LogP contribution is 2.57. The lowest BCUT2D eigenvalue weighted by molar-refractivity contribution is -0.127. The van der Waals surface area contributed by atoms with Crippen LogP contribution in [0.25, 0.3) is 0 Å². The first-order chi connectivity index (χ1) is 16.3. The van der Waals surface area contributed by atoms with Gasteiger partial charge in [-0.25, -0.2) is 4.90 Å². The number of anilines is 1. The van der Waals surface area contributed by atoms with E-state index in [4.69, 9.17) is 16.3 Å². The lowest BCUT2D eigenvalue weighted by Crippen LogP contribution is -2.51. The van der Waals surface area contributed by atoms with Crippen LogP contribution in [0.5, 0.6) is 0 Å². The molecular formula is C26H15BrClNO5. The van der Waals surface area contributed by atoms with Gasteiger partial charge in [-0.1, -0.05) is 63.9 Å². The minimum atomic E-state index is -2.09. The Labute approximate surface area is 207 Å². The van der Waals surface area contributed by atoms with Crippen LogP contribution in [0.2, 0.25) is 5.02 Å². The minimum Gasteiger partial charge on any atom is -0.349 e. The molecule has 8 heteroatoms. The van der Waals surface area contributed by atoms with E-state index in [0.717, 1.165) is 9.37 Å². The Hall–Kier alpha value is -3.13. The summed E-state index contributed by atoms with van der Waals surface area (Å²) in [5, 5.41) is 0.485. The van der Waals surface area contributed by atoms with E-state index in [1.165, 1.54) is 0 Å². The number of carbonyl (C=O) groups excluding carboxylic acids is 4. The van der Waals surface area contributed by atoms with Crippen LogP contribution in [0.1, 0.15) is 32.4 Å². The largest absolute Gasteiger partial charge is 0.349 e. The molecule has 3 atom stereocenters. The lowest BCUT2D eigenvalue weighted by Gasteiger charge is -2.27. The molecule has 6 rings (SSSR count). The third kappa shape index (κ3) is 2.72. The highest BCUT2D eigenvalue weighted by atomic mass is 79.9. The van der Waals surface area contributed by atoms with Crippen LogP contribution < -0.4 is 4.90 Å². The van der Waals surface area contributed by atoms with Gasteiger partial charge in [-0.15, -0.1) is 0 Å². The number of ketones is 2. The molecule has 6 nitrogen and oxygen atoms in total. The fraction of sp³-hybridized carbons (Fsp3) is 0.154. The highest BCUT2D eigenvalue weighted by molar-refractivity contribution is 9.10. The number of benzene rings is 3. The van der Waals surface area contributed by atoms with Crippen molar-refractivity contribution in [3.8, 4) is 0 Å². The number of halogens is 2. The number of hydrogen-bond acceptors (Lipinski definition) is 5. The van der Waals surface area contributed by atoms with Crippen LogP contribution in [-0.4, -0.2) is 29.0 Å². The maximum Gasteiger partial charge on any atom is 0.241 e. The second kappa shape index (κ2) is 7.43. The molecule has 0 unspecified atom stereocenters. The van der Waals surface area contributed by atoms with E-state index in [1.54, 1.807) is 72.8 Å². The van der Waals surface area contributed by atoms with E-state index < -0.39 is 46.9 Å². The summed E-state index contributed by atoms with van der Waals surface area (Å²) >= 11 is 9.39. The predicted octanol–water partition coefficient (Wildman–Crippen LogP) is 4.80. The van der Waals surface area contributed by atoms with Gasteiger partial charge in [0.25, 0.3) is 0 Å². The Kier molecular flexibility index (Phi) is 4.68. The van der Waals surface area contributed by atoms with Crippen molar-refractivity contribution in [2.45, 2.75) is 11.7 Å². The molecule has 34 heavy (non-hydrogen) atoms. The van der Waals surface area contributed by atoms with Gasteiger partial charge in [0.1, 0.15) is 0 Å². The van der Waals surface area contributed by atoms with Crippen LogP contribution in [0.3, 0.4) is 0 Å². The van der Waals surface area contributed by atoms with Gasteiger partial charge < -0.3 is 4.74 Å². The number of rotatable bonds is 2. The zero-order valence-electron chi connectivity index (χ0n) is 17.4. The lowest BCUT2D eigenvalue weighted by atomic mass is 9.77. The number of imide groups is 1. The summed E-state index contributed by atoms with van der Waals surface area (Å²) in [5.74, 6) is -4.62. The Morgan fingerprint density at radius 1 is 0.794 bits per heavy atom. The van der Waals surface area contributed by atoms with Crippen molar-refractivity contribution in [1.82, 2.24) is 0 Å². The Balaban J connectivity index is 1.54. The number of amides is 2. The maximum atomic E-state index is 13.8. The van der Waals surface area contributed by atoms with Crippen LogP contribution in [0.4, 0.5) is 5.69 Å². The van der Waals surface area contributed by atoms with Gasteiger partial charge in [0.05, 0.1) is 23.6 Å². The zero-order valence-corrected chi connectivity index (χ0v) is 19.7. The highest BCUT2D eigenvalue weighted by Gasteiger charge is 2.74. The molecule has 3 aliphatic rings. The molecule has 1 spiro atoms. The summed E-state index contributed by atoms with van der Waals surface area (Å²) in [7, 11) is 0. The van der Waals surface area contributed by atoms with Gasteiger partial charge in [0, 0.05) is 20.6 Å². The second-order valence-electron chi connectivity index (χ2n) is 8.52.